The monoisotopic (exact) mass is 439 g/mol. The lowest BCUT2D eigenvalue weighted by molar-refractivity contribution is 0.705. The Labute approximate surface area is 184 Å². The Morgan fingerprint density at radius 1 is 1.07 bits per heavy atom. The largest absolute Gasteiger partial charge is 0.383 e. The number of rotatable bonds is 5. The minimum absolute atomic E-state index is 0. The van der Waals surface area contributed by atoms with E-state index in [0.29, 0.717) is 18.3 Å². The second kappa shape index (κ2) is 8.89. The molecule has 1 aliphatic carbocycles. The first-order chi connectivity index (χ1) is 14.3. The molecule has 1 fully saturated rings. The van der Waals surface area contributed by atoms with Crippen molar-refractivity contribution in [1.82, 2.24) is 25.1 Å². The van der Waals surface area contributed by atoms with Crippen molar-refractivity contribution in [2.24, 2.45) is 0 Å². The fourth-order valence-electron chi connectivity index (χ4n) is 3.71. The van der Waals surface area contributed by atoms with E-state index in [-0.39, 0.29) is 12.4 Å². The molecule has 0 amide bonds. The Morgan fingerprint density at radius 2 is 1.93 bits per heavy atom. The Balaban J connectivity index is 0.00000218. The number of pyridine rings is 3. The molecule has 1 saturated carbocycles. The Bertz CT molecular complexity index is 1140. The molecule has 0 saturated heterocycles. The lowest BCUT2D eigenvalue weighted by atomic mass is 10.1. The van der Waals surface area contributed by atoms with Crippen LogP contribution in [-0.4, -0.2) is 25.1 Å². The van der Waals surface area contributed by atoms with Crippen molar-refractivity contribution < 1.29 is 0 Å². The van der Waals surface area contributed by atoms with Crippen LogP contribution < -0.4 is 11.1 Å². The van der Waals surface area contributed by atoms with Gasteiger partial charge in [0.25, 0.3) is 0 Å². The Kier molecular flexibility index (Phi) is 6.06. The average Bonchev–Trinajstić information content (AvgIpc) is 3.44. The molecular weight excluding hydrogens is 418 g/mol. The molecule has 154 valence electrons. The minimum Gasteiger partial charge on any atom is -0.383 e. The van der Waals surface area contributed by atoms with Crippen molar-refractivity contribution in [2.75, 3.05) is 11.1 Å². The summed E-state index contributed by atoms with van der Waals surface area (Å²) in [6.45, 7) is 0.621. The van der Waals surface area contributed by atoms with Gasteiger partial charge in [-0.3, -0.25) is 9.97 Å². The SMILES string of the molecule is Cl.Nc1nc2cc(NCc3ccccn3)cnc2cc1-c1nnc(C2CCCC2)s1. The van der Waals surface area contributed by atoms with E-state index in [1.54, 1.807) is 23.7 Å². The zero-order chi connectivity index (χ0) is 19.6. The predicted molar refractivity (Wildman–Crippen MR) is 123 cm³/mol. The summed E-state index contributed by atoms with van der Waals surface area (Å²) in [5.74, 6) is 0.997. The first-order valence-electron chi connectivity index (χ1n) is 9.80. The molecule has 4 heterocycles. The second-order valence-corrected chi connectivity index (χ2v) is 8.29. The summed E-state index contributed by atoms with van der Waals surface area (Å²) in [5.41, 5.74) is 10.4. The van der Waals surface area contributed by atoms with Gasteiger partial charge in [0.15, 0.2) is 5.01 Å². The van der Waals surface area contributed by atoms with Crippen LogP contribution in [-0.2, 0) is 6.54 Å². The number of fused-ring (bicyclic) bond motifs is 1. The third kappa shape index (κ3) is 4.20. The van der Waals surface area contributed by atoms with Crippen molar-refractivity contribution in [1.29, 1.82) is 0 Å². The molecule has 4 aromatic heterocycles. The maximum atomic E-state index is 6.27. The molecule has 0 aromatic carbocycles. The van der Waals surface area contributed by atoms with Gasteiger partial charge in [-0.15, -0.1) is 22.6 Å². The highest BCUT2D eigenvalue weighted by Gasteiger charge is 2.22. The van der Waals surface area contributed by atoms with Gasteiger partial charge < -0.3 is 11.1 Å². The maximum Gasteiger partial charge on any atom is 0.151 e. The van der Waals surface area contributed by atoms with E-state index >= 15 is 0 Å². The second-order valence-electron chi connectivity index (χ2n) is 7.28. The predicted octanol–water partition coefficient (Wildman–Crippen LogP) is 4.82. The average molecular weight is 440 g/mol. The van der Waals surface area contributed by atoms with Gasteiger partial charge in [0, 0.05) is 12.1 Å². The summed E-state index contributed by atoms with van der Waals surface area (Å²) in [6, 6.07) is 9.76. The molecule has 30 heavy (non-hydrogen) atoms. The summed E-state index contributed by atoms with van der Waals surface area (Å²) in [6.07, 6.45) is 8.55. The molecule has 7 nitrogen and oxygen atoms in total. The van der Waals surface area contributed by atoms with E-state index in [1.807, 2.05) is 30.3 Å². The van der Waals surface area contributed by atoms with Crippen molar-refractivity contribution in [2.45, 2.75) is 38.1 Å². The van der Waals surface area contributed by atoms with Crippen molar-refractivity contribution >= 4 is 46.3 Å². The summed E-state index contributed by atoms with van der Waals surface area (Å²) in [7, 11) is 0. The molecule has 5 rings (SSSR count). The highest BCUT2D eigenvalue weighted by Crippen LogP contribution is 2.38. The van der Waals surface area contributed by atoms with Crippen LogP contribution in [0.5, 0.6) is 0 Å². The highest BCUT2D eigenvalue weighted by molar-refractivity contribution is 7.14. The van der Waals surface area contributed by atoms with Gasteiger partial charge in [-0.25, -0.2) is 4.98 Å². The quantitative estimate of drug-likeness (QED) is 0.459. The number of anilines is 2. The van der Waals surface area contributed by atoms with Crippen molar-refractivity contribution in [3.8, 4) is 10.6 Å². The van der Waals surface area contributed by atoms with Crippen molar-refractivity contribution in [3.63, 3.8) is 0 Å². The van der Waals surface area contributed by atoms with Gasteiger partial charge in [-0.2, -0.15) is 0 Å². The van der Waals surface area contributed by atoms with E-state index in [0.717, 1.165) is 38.0 Å². The molecule has 0 atom stereocenters. The Morgan fingerprint density at radius 3 is 2.73 bits per heavy atom. The van der Waals surface area contributed by atoms with Crippen LogP contribution in [0.25, 0.3) is 21.6 Å². The van der Waals surface area contributed by atoms with Crippen LogP contribution >= 0.6 is 23.7 Å². The number of nitrogens with zero attached hydrogens (tertiary/aromatic N) is 5. The molecule has 0 radical (unpaired) electrons. The number of nitrogen functional groups attached to an aromatic ring is 1. The van der Waals surface area contributed by atoms with E-state index in [9.17, 15) is 0 Å². The van der Waals surface area contributed by atoms with E-state index in [4.69, 9.17) is 5.73 Å². The Hall–Kier alpha value is -2.84. The van der Waals surface area contributed by atoms with Crippen LogP contribution in [0.4, 0.5) is 11.5 Å². The lowest BCUT2D eigenvalue weighted by Crippen LogP contribution is -2.02. The highest BCUT2D eigenvalue weighted by atomic mass is 35.5. The summed E-state index contributed by atoms with van der Waals surface area (Å²) in [5, 5.41) is 14.0. The van der Waals surface area contributed by atoms with Gasteiger partial charge in [-0.05, 0) is 37.1 Å². The van der Waals surface area contributed by atoms with Crippen LogP contribution in [0.3, 0.4) is 0 Å². The van der Waals surface area contributed by atoms with Gasteiger partial charge >= 0.3 is 0 Å². The molecule has 9 heteroatoms. The number of hydrogen-bond acceptors (Lipinski definition) is 8. The normalized spacial score (nSPS) is 14.0. The molecule has 3 N–H and O–H groups in total. The number of nitrogens with one attached hydrogen (secondary N) is 1. The molecule has 4 aromatic rings. The van der Waals surface area contributed by atoms with Crippen LogP contribution in [0.2, 0.25) is 0 Å². The molecule has 0 spiro atoms. The fourth-order valence-corrected chi connectivity index (χ4v) is 4.75. The number of halogens is 1. The van der Waals surface area contributed by atoms with E-state index in [1.165, 1.54) is 25.7 Å². The molecule has 0 unspecified atom stereocenters. The first-order valence-corrected chi connectivity index (χ1v) is 10.6. The first kappa shape index (κ1) is 20.4. The third-order valence-electron chi connectivity index (χ3n) is 5.27. The topological polar surface area (TPSA) is 102 Å². The lowest BCUT2D eigenvalue weighted by Gasteiger charge is -2.08. The van der Waals surface area contributed by atoms with E-state index in [2.05, 4.69) is 30.5 Å². The maximum absolute atomic E-state index is 6.27. The number of hydrogen-bond donors (Lipinski definition) is 2. The number of nitrogens with two attached hydrogens (primary N) is 1. The summed E-state index contributed by atoms with van der Waals surface area (Å²) in [4.78, 5) is 13.4. The van der Waals surface area contributed by atoms with Crippen molar-refractivity contribution in [3.05, 3.63) is 53.4 Å². The molecular formula is C21H22ClN7S. The minimum atomic E-state index is 0. The smallest absolute Gasteiger partial charge is 0.151 e. The van der Waals surface area contributed by atoms with Gasteiger partial charge in [0.05, 0.1) is 40.7 Å². The zero-order valence-electron chi connectivity index (χ0n) is 16.3. The van der Waals surface area contributed by atoms with Gasteiger partial charge in [-0.1, -0.05) is 30.2 Å². The molecule has 1 aliphatic rings. The molecule has 0 bridgehead atoms. The van der Waals surface area contributed by atoms with Gasteiger partial charge in [0.1, 0.15) is 10.8 Å². The fraction of sp³-hybridized carbons (Fsp3) is 0.286. The zero-order valence-corrected chi connectivity index (χ0v) is 17.9. The summed E-state index contributed by atoms with van der Waals surface area (Å²) >= 11 is 1.63. The van der Waals surface area contributed by atoms with Crippen LogP contribution in [0.1, 0.15) is 42.3 Å². The molecule has 0 aliphatic heterocycles. The third-order valence-corrected chi connectivity index (χ3v) is 6.39. The van der Waals surface area contributed by atoms with Crippen LogP contribution in [0, 0.1) is 0 Å². The number of aromatic nitrogens is 5. The van der Waals surface area contributed by atoms with Gasteiger partial charge in [0.2, 0.25) is 0 Å². The summed E-state index contributed by atoms with van der Waals surface area (Å²) < 4.78 is 0. The van der Waals surface area contributed by atoms with Crippen LogP contribution in [0.15, 0.2) is 42.7 Å². The van der Waals surface area contributed by atoms with E-state index < -0.39 is 0 Å². The standard InChI is InChI=1S/C21H21N7S.ClH/c22-19-16(21-28-27-20(29-21)13-5-1-2-6-13)10-17-18(26-19)9-15(12-25-17)24-11-14-7-3-4-8-23-14;/h3-4,7-10,12-13,24H,1-2,5-6,11H2,(H2,22,26);1H.